The average Bonchev–Trinajstić information content (AvgIpc) is 3.03. The van der Waals surface area contributed by atoms with Crippen molar-refractivity contribution < 1.29 is 62.0 Å². The predicted octanol–water partition coefficient (Wildman–Crippen LogP) is 3.39. The highest BCUT2D eigenvalue weighted by Crippen LogP contribution is 2.08. The van der Waals surface area contributed by atoms with Gasteiger partial charge in [-0.05, 0) is 6.42 Å². The Balaban J connectivity index is 3.04. The van der Waals surface area contributed by atoms with Crippen molar-refractivity contribution >= 4 is 5.97 Å². The van der Waals surface area contributed by atoms with Crippen LogP contribution in [0, 0.1) is 0 Å². The van der Waals surface area contributed by atoms with Gasteiger partial charge in [0.2, 0.25) is 0 Å². The molecule has 0 amide bonds. The molecular weight excluding hydrogens is 592 g/mol. The molecule has 1 N–H and O–H groups in total. The second kappa shape index (κ2) is 41.1. The summed E-state index contributed by atoms with van der Waals surface area (Å²) in [5.41, 5.74) is 0. The van der Waals surface area contributed by atoms with Gasteiger partial charge in [0, 0.05) is 6.61 Å². The fraction of sp³-hybridized carbons (Fsp3) is 0.969. The minimum Gasteiger partial charge on any atom is -0.480 e. The molecular formula is C32H64O13. The lowest BCUT2D eigenvalue weighted by Gasteiger charge is -2.09. The molecule has 13 nitrogen and oxygen atoms in total. The Bertz CT molecular complexity index is 557. The molecule has 0 aromatic carbocycles. The van der Waals surface area contributed by atoms with E-state index in [0.717, 1.165) is 13.0 Å². The quantitative estimate of drug-likeness (QED) is 0.0963. The molecule has 270 valence electrons. The number of ether oxygens (including phenoxy) is 11. The summed E-state index contributed by atoms with van der Waals surface area (Å²) in [6.07, 6.45) is 10.5. The molecule has 13 heteroatoms. The van der Waals surface area contributed by atoms with E-state index in [1.54, 1.807) is 0 Å². The summed E-state index contributed by atoms with van der Waals surface area (Å²) in [4.78, 5) is 10.3. The Hall–Kier alpha value is -0.970. The van der Waals surface area contributed by atoms with Gasteiger partial charge >= 0.3 is 5.97 Å². The van der Waals surface area contributed by atoms with Crippen LogP contribution in [0.15, 0.2) is 0 Å². The highest BCUT2D eigenvalue weighted by atomic mass is 16.6. The number of carboxylic acid groups (broad SMARTS) is 1. The van der Waals surface area contributed by atoms with Crippen molar-refractivity contribution in [2.45, 2.75) is 58.3 Å². The van der Waals surface area contributed by atoms with Gasteiger partial charge in [-0.1, -0.05) is 51.9 Å². The maximum atomic E-state index is 10.3. The third-order valence-electron chi connectivity index (χ3n) is 6.09. The average molecular weight is 657 g/mol. The molecule has 0 spiro atoms. The maximum Gasteiger partial charge on any atom is 0.329 e. The number of aliphatic carboxylic acids is 1. The Morgan fingerprint density at radius 1 is 0.333 bits per heavy atom. The van der Waals surface area contributed by atoms with Gasteiger partial charge in [-0.3, -0.25) is 0 Å². The van der Waals surface area contributed by atoms with Gasteiger partial charge in [-0.2, -0.15) is 0 Å². The fourth-order valence-electron chi connectivity index (χ4n) is 3.70. The van der Waals surface area contributed by atoms with Crippen molar-refractivity contribution in [3.63, 3.8) is 0 Å². The Morgan fingerprint density at radius 3 is 0.822 bits per heavy atom. The summed E-state index contributed by atoms with van der Waals surface area (Å²) >= 11 is 0. The van der Waals surface area contributed by atoms with Crippen molar-refractivity contribution in [1.82, 2.24) is 0 Å². The minimum atomic E-state index is -0.993. The topological polar surface area (TPSA) is 139 Å². The van der Waals surface area contributed by atoms with Gasteiger partial charge < -0.3 is 57.2 Å². The first kappa shape index (κ1) is 44.0. The molecule has 0 bridgehead atoms. The Labute approximate surface area is 271 Å². The Kier molecular flexibility index (Phi) is 40.2. The van der Waals surface area contributed by atoms with Crippen LogP contribution in [0.5, 0.6) is 0 Å². The van der Waals surface area contributed by atoms with Crippen LogP contribution in [-0.2, 0) is 56.9 Å². The van der Waals surface area contributed by atoms with E-state index >= 15 is 0 Å². The van der Waals surface area contributed by atoms with E-state index in [0.29, 0.717) is 126 Å². The maximum absolute atomic E-state index is 10.3. The van der Waals surface area contributed by atoms with Gasteiger partial charge in [0.05, 0.1) is 132 Å². The second-order valence-electron chi connectivity index (χ2n) is 10.0. The van der Waals surface area contributed by atoms with Gasteiger partial charge in [-0.15, -0.1) is 0 Å². The van der Waals surface area contributed by atoms with Gasteiger partial charge in [0.1, 0.15) is 6.61 Å². The first-order chi connectivity index (χ1) is 22.3. The smallest absolute Gasteiger partial charge is 0.329 e. The van der Waals surface area contributed by atoms with E-state index in [2.05, 4.69) is 6.92 Å². The summed E-state index contributed by atoms with van der Waals surface area (Å²) in [6.45, 7) is 12.6. The molecule has 0 fully saturated rings. The molecule has 0 unspecified atom stereocenters. The van der Waals surface area contributed by atoms with Crippen LogP contribution in [0.3, 0.4) is 0 Å². The van der Waals surface area contributed by atoms with E-state index < -0.39 is 5.97 Å². The molecule has 0 aliphatic carbocycles. The van der Waals surface area contributed by atoms with Gasteiger partial charge in [0.25, 0.3) is 0 Å². The zero-order chi connectivity index (χ0) is 32.6. The summed E-state index contributed by atoms with van der Waals surface area (Å²) in [5.74, 6) is -0.993. The van der Waals surface area contributed by atoms with Gasteiger partial charge in [0.15, 0.2) is 0 Å². The number of carboxylic acids is 1. The normalized spacial score (nSPS) is 11.5. The number of hydrogen-bond acceptors (Lipinski definition) is 12. The van der Waals surface area contributed by atoms with Crippen molar-refractivity contribution in [1.29, 1.82) is 0 Å². The molecule has 45 heavy (non-hydrogen) atoms. The number of rotatable bonds is 41. The Morgan fingerprint density at radius 2 is 0.556 bits per heavy atom. The van der Waals surface area contributed by atoms with E-state index in [9.17, 15) is 4.79 Å². The zero-order valence-electron chi connectivity index (χ0n) is 28.1. The van der Waals surface area contributed by atoms with Crippen LogP contribution in [-0.4, -0.2) is 156 Å². The lowest BCUT2D eigenvalue weighted by molar-refractivity contribution is -0.142. The van der Waals surface area contributed by atoms with Crippen molar-refractivity contribution in [3.8, 4) is 0 Å². The van der Waals surface area contributed by atoms with Crippen LogP contribution < -0.4 is 0 Å². The first-order valence-electron chi connectivity index (χ1n) is 16.8. The molecule has 0 radical (unpaired) electrons. The number of unbranched alkanes of at least 4 members (excludes halogenated alkanes) is 7. The third kappa shape index (κ3) is 43.0. The molecule has 0 aromatic rings. The van der Waals surface area contributed by atoms with Crippen LogP contribution in [0.2, 0.25) is 0 Å². The van der Waals surface area contributed by atoms with Crippen molar-refractivity contribution in [2.75, 3.05) is 145 Å². The molecule has 0 saturated heterocycles. The fourth-order valence-corrected chi connectivity index (χ4v) is 3.70. The monoisotopic (exact) mass is 656 g/mol. The van der Waals surface area contributed by atoms with Crippen LogP contribution in [0.1, 0.15) is 58.3 Å². The lowest BCUT2D eigenvalue weighted by atomic mass is 10.1. The largest absolute Gasteiger partial charge is 0.480 e. The number of hydrogen-bond donors (Lipinski definition) is 1. The summed E-state index contributed by atoms with van der Waals surface area (Å²) in [6, 6.07) is 0. The van der Waals surface area contributed by atoms with E-state index in [-0.39, 0.29) is 13.2 Å². The standard InChI is InChI=1S/C32H64O13/c1-2-3-4-5-6-7-8-9-10-35-11-12-36-13-14-37-15-16-38-17-18-39-19-20-40-21-22-41-23-24-42-25-26-43-27-28-44-29-30-45-31-32(33)34/h2-31H2,1H3,(H,33,34). The van der Waals surface area contributed by atoms with Crippen LogP contribution in [0.25, 0.3) is 0 Å². The van der Waals surface area contributed by atoms with E-state index in [4.69, 9.17) is 57.2 Å². The second-order valence-corrected chi connectivity index (χ2v) is 10.0. The first-order valence-corrected chi connectivity index (χ1v) is 16.8. The molecule has 0 rings (SSSR count). The van der Waals surface area contributed by atoms with Crippen molar-refractivity contribution in [2.24, 2.45) is 0 Å². The SMILES string of the molecule is CCCCCCCCCCOCCOCCOCCOCCOCCOCCOCCOCCOCCOCCOCC(=O)O. The summed E-state index contributed by atoms with van der Waals surface area (Å²) in [5, 5.41) is 8.42. The zero-order valence-corrected chi connectivity index (χ0v) is 28.1. The molecule has 0 aromatic heterocycles. The molecule has 0 saturated carbocycles. The molecule has 0 heterocycles. The summed E-state index contributed by atoms with van der Waals surface area (Å²) in [7, 11) is 0. The van der Waals surface area contributed by atoms with Crippen LogP contribution >= 0.6 is 0 Å². The van der Waals surface area contributed by atoms with E-state index in [1.165, 1.54) is 44.9 Å². The number of carbonyl (C=O) groups is 1. The lowest BCUT2D eigenvalue weighted by Crippen LogP contribution is -2.15. The van der Waals surface area contributed by atoms with Gasteiger partial charge in [-0.25, -0.2) is 4.79 Å². The highest BCUT2D eigenvalue weighted by Gasteiger charge is 1.98. The highest BCUT2D eigenvalue weighted by molar-refractivity contribution is 5.67. The summed E-state index contributed by atoms with van der Waals surface area (Å²) < 4.78 is 59.4. The van der Waals surface area contributed by atoms with Crippen LogP contribution in [0.4, 0.5) is 0 Å². The van der Waals surface area contributed by atoms with E-state index in [1.807, 2.05) is 0 Å². The third-order valence-corrected chi connectivity index (χ3v) is 6.09. The minimum absolute atomic E-state index is 0.245. The molecule has 0 atom stereocenters. The molecule has 0 aliphatic heterocycles. The van der Waals surface area contributed by atoms with Crippen molar-refractivity contribution in [3.05, 3.63) is 0 Å². The molecule has 0 aliphatic rings. The predicted molar refractivity (Wildman–Crippen MR) is 169 cm³/mol.